The van der Waals surface area contributed by atoms with E-state index >= 15 is 0 Å². The Morgan fingerprint density at radius 2 is 2.04 bits per heavy atom. The Bertz CT molecular complexity index is 837. The summed E-state index contributed by atoms with van der Waals surface area (Å²) < 4.78 is 0. The highest BCUT2D eigenvalue weighted by atomic mass is 32.2. The number of carbonyl (C=O) groups is 1. The third-order valence-electron chi connectivity index (χ3n) is 3.57. The number of benzene rings is 1. The van der Waals surface area contributed by atoms with Crippen LogP contribution < -0.4 is 5.32 Å². The van der Waals surface area contributed by atoms with Gasteiger partial charge in [0.1, 0.15) is 0 Å². The molecule has 5 heteroatoms. The Balaban J connectivity index is 1.69. The van der Waals surface area contributed by atoms with Crippen LogP contribution in [0.25, 0.3) is 11.3 Å². The molecule has 1 aromatic carbocycles. The minimum absolute atomic E-state index is 0.0781. The lowest BCUT2D eigenvalue weighted by atomic mass is 10.1. The molecule has 2 aromatic heterocycles. The van der Waals surface area contributed by atoms with Crippen molar-refractivity contribution >= 4 is 17.7 Å². The molecule has 0 atom stereocenters. The van der Waals surface area contributed by atoms with E-state index < -0.39 is 0 Å². The minimum atomic E-state index is -0.0781. The minimum Gasteiger partial charge on any atom is -0.348 e. The molecule has 0 aliphatic rings. The summed E-state index contributed by atoms with van der Waals surface area (Å²) in [5.41, 5.74) is 3.47. The molecule has 1 amide bonds. The topological polar surface area (TPSA) is 54.9 Å². The fraction of sp³-hybridized carbons (Fsp3) is 0.105. The monoisotopic (exact) mass is 335 g/mol. The van der Waals surface area contributed by atoms with Crippen LogP contribution in [0, 0.1) is 0 Å². The number of aromatic nitrogens is 2. The molecule has 0 aliphatic carbocycles. The van der Waals surface area contributed by atoms with Gasteiger partial charge in [-0.3, -0.25) is 14.8 Å². The number of carbonyl (C=O) groups excluding carboxylic acids is 1. The molecule has 0 saturated carbocycles. The number of amides is 1. The van der Waals surface area contributed by atoms with E-state index in [1.54, 1.807) is 30.4 Å². The summed E-state index contributed by atoms with van der Waals surface area (Å²) in [5.74, 6) is -0.0781. The summed E-state index contributed by atoms with van der Waals surface area (Å²) in [4.78, 5) is 21.8. The molecule has 120 valence electrons. The predicted molar refractivity (Wildman–Crippen MR) is 96.9 cm³/mol. The average molecular weight is 335 g/mol. The maximum atomic E-state index is 12.3. The van der Waals surface area contributed by atoms with E-state index in [-0.39, 0.29) is 5.91 Å². The Kier molecular flexibility index (Phi) is 5.23. The van der Waals surface area contributed by atoms with E-state index in [0.29, 0.717) is 12.1 Å². The van der Waals surface area contributed by atoms with Crippen molar-refractivity contribution in [3.8, 4) is 11.3 Å². The van der Waals surface area contributed by atoms with Crippen LogP contribution >= 0.6 is 11.8 Å². The number of nitrogens with one attached hydrogen (secondary N) is 1. The van der Waals surface area contributed by atoms with Gasteiger partial charge in [-0.05, 0) is 54.3 Å². The first-order valence-corrected chi connectivity index (χ1v) is 8.76. The fourth-order valence-corrected chi connectivity index (χ4v) is 2.76. The molecule has 3 rings (SSSR count). The van der Waals surface area contributed by atoms with Crippen LogP contribution in [0.3, 0.4) is 0 Å². The number of nitrogens with zero attached hydrogens (tertiary/aromatic N) is 2. The second-order valence-electron chi connectivity index (χ2n) is 5.21. The Hall–Kier alpha value is -2.66. The average Bonchev–Trinajstić information content (AvgIpc) is 2.67. The van der Waals surface area contributed by atoms with Crippen LogP contribution in [-0.2, 0) is 6.54 Å². The normalized spacial score (nSPS) is 10.4. The number of thioether (sulfide) groups is 1. The van der Waals surface area contributed by atoms with E-state index in [0.717, 1.165) is 21.7 Å². The van der Waals surface area contributed by atoms with Gasteiger partial charge in [-0.2, -0.15) is 0 Å². The first-order chi connectivity index (χ1) is 11.8. The van der Waals surface area contributed by atoms with Gasteiger partial charge in [0.2, 0.25) is 0 Å². The van der Waals surface area contributed by atoms with Crippen LogP contribution in [-0.4, -0.2) is 22.1 Å². The molecule has 2 heterocycles. The zero-order valence-electron chi connectivity index (χ0n) is 13.3. The van der Waals surface area contributed by atoms with Crippen LogP contribution in [0.2, 0.25) is 0 Å². The van der Waals surface area contributed by atoms with Gasteiger partial charge in [-0.1, -0.05) is 6.07 Å². The van der Waals surface area contributed by atoms with E-state index in [1.165, 1.54) is 0 Å². The van der Waals surface area contributed by atoms with Gasteiger partial charge in [0.25, 0.3) is 5.91 Å². The molecule has 4 nitrogen and oxygen atoms in total. The van der Waals surface area contributed by atoms with Gasteiger partial charge in [0.05, 0.1) is 5.69 Å². The molecule has 0 radical (unpaired) electrons. The van der Waals surface area contributed by atoms with Crippen LogP contribution in [0.4, 0.5) is 0 Å². The molecule has 24 heavy (non-hydrogen) atoms. The van der Waals surface area contributed by atoms with Crippen molar-refractivity contribution in [1.82, 2.24) is 15.3 Å². The maximum Gasteiger partial charge on any atom is 0.251 e. The Morgan fingerprint density at radius 3 is 2.83 bits per heavy atom. The molecule has 3 aromatic rings. The molecule has 0 saturated heterocycles. The molecular weight excluding hydrogens is 318 g/mol. The highest BCUT2D eigenvalue weighted by Crippen LogP contribution is 2.17. The Labute approximate surface area is 145 Å². The van der Waals surface area contributed by atoms with Crippen molar-refractivity contribution in [3.63, 3.8) is 0 Å². The van der Waals surface area contributed by atoms with Gasteiger partial charge < -0.3 is 5.32 Å². The SMILES string of the molecule is CSc1cccc(C(=O)NCc2ccnc(-c3cccnc3)c2)c1. The van der Waals surface area contributed by atoms with Gasteiger partial charge in [-0.25, -0.2) is 0 Å². The quantitative estimate of drug-likeness (QED) is 0.721. The second-order valence-corrected chi connectivity index (χ2v) is 6.09. The maximum absolute atomic E-state index is 12.3. The van der Waals surface area contributed by atoms with E-state index in [4.69, 9.17) is 0 Å². The standard InChI is InChI=1S/C19H17N3OS/c1-24-17-6-2-4-15(11-17)19(23)22-12-14-7-9-21-18(10-14)16-5-3-8-20-13-16/h2-11,13H,12H2,1H3,(H,22,23). The van der Waals surface area contributed by atoms with E-state index in [1.807, 2.05) is 54.8 Å². The smallest absolute Gasteiger partial charge is 0.251 e. The summed E-state index contributed by atoms with van der Waals surface area (Å²) in [7, 11) is 0. The molecule has 0 bridgehead atoms. The van der Waals surface area contributed by atoms with Crippen molar-refractivity contribution in [2.75, 3.05) is 6.26 Å². The fourth-order valence-electron chi connectivity index (χ4n) is 2.31. The zero-order chi connectivity index (χ0) is 16.8. The zero-order valence-corrected chi connectivity index (χ0v) is 14.1. The van der Waals surface area contributed by atoms with Crippen LogP contribution in [0.1, 0.15) is 15.9 Å². The summed E-state index contributed by atoms with van der Waals surface area (Å²) in [6.45, 7) is 0.456. The van der Waals surface area contributed by atoms with Crippen molar-refractivity contribution < 1.29 is 4.79 Å². The lowest BCUT2D eigenvalue weighted by Crippen LogP contribution is -2.22. The first-order valence-electron chi connectivity index (χ1n) is 7.54. The van der Waals surface area contributed by atoms with Crippen molar-refractivity contribution in [1.29, 1.82) is 0 Å². The summed E-state index contributed by atoms with van der Waals surface area (Å²) >= 11 is 1.62. The van der Waals surface area contributed by atoms with Crippen molar-refractivity contribution in [2.45, 2.75) is 11.4 Å². The highest BCUT2D eigenvalue weighted by molar-refractivity contribution is 7.98. The second kappa shape index (κ2) is 7.75. The lowest BCUT2D eigenvalue weighted by Gasteiger charge is -2.08. The van der Waals surface area contributed by atoms with E-state index in [2.05, 4.69) is 15.3 Å². The number of pyridine rings is 2. The summed E-state index contributed by atoms with van der Waals surface area (Å²) in [5, 5.41) is 2.95. The number of hydrogen-bond donors (Lipinski definition) is 1. The van der Waals surface area contributed by atoms with Crippen molar-refractivity contribution in [2.24, 2.45) is 0 Å². The summed E-state index contributed by atoms with van der Waals surface area (Å²) in [6, 6.07) is 15.3. The van der Waals surface area contributed by atoms with Gasteiger partial charge in [0, 0.05) is 41.2 Å². The third kappa shape index (κ3) is 4.00. The van der Waals surface area contributed by atoms with Gasteiger partial charge in [-0.15, -0.1) is 11.8 Å². The molecule has 0 fully saturated rings. The van der Waals surface area contributed by atoms with Gasteiger partial charge >= 0.3 is 0 Å². The number of rotatable bonds is 5. The predicted octanol–water partition coefficient (Wildman–Crippen LogP) is 3.80. The van der Waals surface area contributed by atoms with Crippen LogP contribution in [0.15, 0.2) is 72.0 Å². The van der Waals surface area contributed by atoms with Crippen molar-refractivity contribution in [3.05, 3.63) is 78.2 Å². The largest absolute Gasteiger partial charge is 0.348 e. The Morgan fingerprint density at radius 1 is 1.12 bits per heavy atom. The number of hydrogen-bond acceptors (Lipinski definition) is 4. The van der Waals surface area contributed by atoms with Crippen LogP contribution in [0.5, 0.6) is 0 Å². The molecule has 0 spiro atoms. The van der Waals surface area contributed by atoms with E-state index in [9.17, 15) is 4.79 Å². The highest BCUT2D eigenvalue weighted by Gasteiger charge is 2.07. The first kappa shape index (κ1) is 16.2. The summed E-state index contributed by atoms with van der Waals surface area (Å²) in [6.07, 6.45) is 7.25. The lowest BCUT2D eigenvalue weighted by molar-refractivity contribution is 0.0950. The molecule has 1 N–H and O–H groups in total. The molecular formula is C19H17N3OS. The third-order valence-corrected chi connectivity index (χ3v) is 4.29. The molecule has 0 unspecified atom stereocenters. The van der Waals surface area contributed by atoms with Gasteiger partial charge in [0.15, 0.2) is 0 Å². The molecule has 0 aliphatic heterocycles.